The summed E-state index contributed by atoms with van der Waals surface area (Å²) in [7, 11) is 1.67. The maximum Gasteiger partial charge on any atom is 0.107 e. The molecule has 0 unspecified atom stereocenters. The van der Waals surface area contributed by atoms with Crippen LogP contribution in [0.3, 0.4) is 0 Å². The summed E-state index contributed by atoms with van der Waals surface area (Å²) in [4.78, 5) is 4.78. The minimum absolute atomic E-state index is 0.380. The fourth-order valence-electron chi connectivity index (χ4n) is 2.08. The van der Waals surface area contributed by atoms with Crippen LogP contribution in [0.25, 0.3) is 0 Å². The molecule has 1 heterocycles. The zero-order valence-electron chi connectivity index (χ0n) is 13.1. The third-order valence-electron chi connectivity index (χ3n) is 3.04. The van der Waals surface area contributed by atoms with Crippen LogP contribution < -0.4 is 11.1 Å². The number of nitrogens with zero attached hydrogens (tertiary/aromatic N) is 1. The summed E-state index contributed by atoms with van der Waals surface area (Å²) in [5, 5.41) is 3.39. The number of nitrogens with two attached hydrogens (primary N) is 1. The van der Waals surface area contributed by atoms with E-state index in [1.54, 1.807) is 7.11 Å². The largest absolute Gasteiger partial charge is 0.389 e. The zero-order valence-corrected chi connectivity index (χ0v) is 13.9. The normalized spacial score (nSPS) is 10.6. The van der Waals surface area contributed by atoms with Crippen molar-refractivity contribution in [2.24, 2.45) is 5.73 Å². The van der Waals surface area contributed by atoms with Crippen LogP contribution in [-0.4, -0.2) is 43.4 Å². The molecule has 21 heavy (non-hydrogen) atoms. The van der Waals surface area contributed by atoms with Crippen molar-refractivity contribution in [2.75, 3.05) is 38.8 Å². The van der Waals surface area contributed by atoms with Gasteiger partial charge in [0, 0.05) is 37.3 Å². The molecule has 0 radical (unpaired) electrons. The smallest absolute Gasteiger partial charge is 0.107 e. The lowest BCUT2D eigenvalue weighted by atomic mass is 10.1. The molecule has 1 rings (SSSR count). The molecule has 0 saturated heterocycles. The molecular formula is C15H25N3O2S. The van der Waals surface area contributed by atoms with Crippen molar-refractivity contribution < 1.29 is 9.47 Å². The van der Waals surface area contributed by atoms with Gasteiger partial charge < -0.3 is 20.5 Å². The molecule has 0 aromatic carbocycles. The average Bonchev–Trinajstić information content (AvgIpc) is 2.40. The fraction of sp³-hybridized carbons (Fsp3) is 0.600. The minimum atomic E-state index is 0.380. The molecule has 5 nitrogen and oxygen atoms in total. The van der Waals surface area contributed by atoms with Crippen molar-refractivity contribution in [2.45, 2.75) is 26.7 Å². The molecule has 0 bridgehead atoms. The SMILES string of the molecule is COCCOCCCCNc1cc(C)nc(C)c1C(N)=S. The number of ether oxygens (including phenoxy) is 2. The van der Waals surface area contributed by atoms with Gasteiger partial charge in [-0.15, -0.1) is 0 Å². The van der Waals surface area contributed by atoms with E-state index in [2.05, 4.69) is 10.3 Å². The highest BCUT2D eigenvalue weighted by molar-refractivity contribution is 7.80. The van der Waals surface area contributed by atoms with Crippen molar-refractivity contribution in [1.82, 2.24) is 4.98 Å². The predicted octanol–water partition coefficient (Wildman–Crippen LogP) is 2.19. The van der Waals surface area contributed by atoms with Gasteiger partial charge >= 0.3 is 0 Å². The molecule has 1 aromatic rings. The van der Waals surface area contributed by atoms with E-state index in [1.807, 2.05) is 19.9 Å². The third-order valence-corrected chi connectivity index (χ3v) is 3.24. The molecule has 0 aliphatic carbocycles. The predicted molar refractivity (Wildman–Crippen MR) is 90.0 cm³/mol. The third kappa shape index (κ3) is 6.37. The fourth-order valence-corrected chi connectivity index (χ4v) is 2.33. The number of methoxy groups -OCH3 is 1. The number of aromatic nitrogens is 1. The maximum absolute atomic E-state index is 5.78. The van der Waals surface area contributed by atoms with Crippen LogP contribution >= 0.6 is 12.2 Å². The Morgan fingerprint density at radius 1 is 1.29 bits per heavy atom. The molecule has 0 saturated carbocycles. The number of hydrogen-bond donors (Lipinski definition) is 2. The van der Waals surface area contributed by atoms with Crippen LogP contribution in [0.1, 0.15) is 29.8 Å². The van der Waals surface area contributed by atoms with Crippen LogP contribution in [0.2, 0.25) is 0 Å². The quantitative estimate of drug-likeness (QED) is 0.510. The Kier molecular flexibility index (Phi) is 8.19. The van der Waals surface area contributed by atoms with E-state index >= 15 is 0 Å². The van der Waals surface area contributed by atoms with Crippen molar-refractivity contribution in [3.63, 3.8) is 0 Å². The van der Waals surface area contributed by atoms with Gasteiger partial charge in [-0.25, -0.2) is 0 Å². The molecule has 118 valence electrons. The number of anilines is 1. The Morgan fingerprint density at radius 2 is 2.05 bits per heavy atom. The highest BCUT2D eigenvalue weighted by Gasteiger charge is 2.10. The molecule has 0 aliphatic rings. The Bertz CT molecular complexity index is 466. The highest BCUT2D eigenvalue weighted by atomic mass is 32.1. The number of aryl methyl sites for hydroxylation is 2. The molecule has 0 fully saturated rings. The van der Waals surface area contributed by atoms with Crippen molar-refractivity contribution in [3.05, 3.63) is 23.0 Å². The van der Waals surface area contributed by atoms with Crippen LogP contribution in [0.15, 0.2) is 6.07 Å². The summed E-state index contributed by atoms with van der Waals surface area (Å²) in [5.74, 6) is 0. The van der Waals surface area contributed by atoms with Crippen LogP contribution in [0.5, 0.6) is 0 Å². The van der Waals surface area contributed by atoms with E-state index in [1.165, 1.54) is 0 Å². The first-order chi connectivity index (χ1) is 10.1. The summed E-state index contributed by atoms with van der Waals surface area (Å²) < 4.78 is 10.3. The molecule has 0 aliphatic heterocycles. The van der Waals surface area contributed by atoms with Gasteiger partial charge in [0.25, 0.3) is 0 Å². The lowest BCUT2D eigenvalue weighted by molar-refractivity contribution is 0.0691. The van der Waals surface area contributed by atoms with Crippen molar-refractivity contribution in [1.29, 1.82) is 0 Å². The molecule has 0 atom stereocenters. The van der Waals surface area contributed by atoms with E-state index < -0.39 is 0 Å². The van der Waals surface area contributed by atoms with Crippen LogP contribution in [0, 0.1) is 13.8 Å². The second-order valence-electron chi connectivity index (χ2n) is 4.87. The second kappa shape index (κ2) is 9.65. The van der Waals surface area contributed by atoms with Gasteiger partial charge in [0.15, 0.2) is 0 Å². The molecule has 6 heteroatoms. The van der Waals surface area contributed by atoms with Gasteiger partial charge in [0.1, 0.15) is 4.99 Å². The number of rotatable bonds is 10. The number of hydrogen-bond acceptors (Lipinski definition) is 5. The van der Waals surface area contributed by atoms with Crippen molar-refractivity contribution in [3.8, 4) is 0 Å². The Labute approximate surface area is 132 Å². The number of pyridine rings is 1. The summed E-state index contributed by atoms with van der Waals surface area (Å²) in [6, 6.07) is 1.98. The van der Waals surface area contributed by atoms with Gasteiger partial charge in [-0.3, -0.25) is 4.98 Å². The molecular weight excluding hydrogens is 286 g/mol. The summed E-state index contributed by atoms with van der Waals surface area (Å²) >= 11 is 5.11. The van der Waals surface area contributed by atoms with E-state index in [9.17, 15) is 0 Å². The van der Waals surface area contributed by atoms with E-state index in [0.29, 0.717) is 18.2 Å². The summed E-state index contributed by atoms with van der Waals surface area (Å²) in [6.45, 7) is 6.79. The van der Waals surface area contributed by atoms with Gasteiger partial charge in [-0.1, -0.05) is 12.2 Å². The van der Waals surface area contributed by atoms with E-state index in [-0.39, 0.29) is 0 Å². The topological polar surface area (TPSA) is 69.4 Å². The molecule has 1 aromatic heterocycles. The Morgan fingerprint density at radius 3 is 2.71 bits per heavy atom. The molecule has 3 N–H and O–H groups in total. The lowest BCUT2D eigenvalue weighted by Crippen LogP contribution is -2.17. The lowest BCUT2D eigenvalue weighted by Gasteiger charge is -2.14. The molecule has 0 amide bonds. The summed E-state index contributed by atoms with van der Waals surface area (Å²) in [6.07, 6.45) is 2.02. The number of thiocarbonyl (C=S) groups is 1. The summed E-state index contributed by atoms with van der Waals surface area (Å²) in [5.41, 5.74) is 9.41. The van der Waals surface area contributed by atoms with Gasteiger partial charge in [-0.2, -0.15) is 0 Å². The van der Waals surface area contributed by atoms with E-state index in [4.69, 9.17) is 27.4 Å². The van der Waals surface area contributed by atoms with Crippen LogP contribution in [0.4, 0.5) is 5.69 Å². The Hall–Kier alpha value is -1.24. The minimum Gasteiger partial charge on any atom is -0.389 e. The first-order valence-electron chi connectivity index (χ1n) is 7.15. The maximum atomic E-state index is 5.78. The first kappa shape index (κ1) is 17.8. The second-order valence-corrected chi connectivity index (χ2v) is 5.31. The van der Waals surface area contributed by atoms with Crippen LogP contribution in [-0.2, 0) is 9.47 Å². The first-order valence-corrected chi connectivity index (χ1v) is 7.55. The van der Waals surface area contributed by atoms with Gasteiger partial charge in [0.05, 0.1) is 18.8 Å². The monoisotopic (exact) mass is 311 g/mol. The van der Waals surface area contributed by atoms with E-state index in [0.717, 1.165) is 48.6 Å². The van der Waals surface area contributed by atoms with Crippen molar-refractivity contribution >= 4 is 22.9 Å². The number of nitrogens with one attached hydrogen (secondary N) is 1. The van der Waals surface area contributed by atoms with Gasteiger partial charge in [-0.05, 0) is 32.8 Å². The molecule has 0 spiro atoms. The average molecular weight is 311 g/mol. The highest BCUT2D eigenvalue weighted by Crippen LogP contribution is 2.19. The Balaban J connectivity index is 2.40. The standard InChI is InChI=1S/C15H25N3O2S/c1-11-10-13(14(15(16)21)12(2)18-11)17-6-4-5-7-20-9-8-19-3/h10H,4-9H2,1-3H3,(H2,16,21)(H,17,18). The number of unbranched alkanes of at least 4 members (excludes halogenated alkanes) is 1. The van der Waals surface area contributed by atoms with Gasteiger partial charge in [0.2, 0.25) is 0 Å². The zero-order chi connectivity index (χ0) is 15.7.